The van der Waals surface area contributed by atoms with Crippen LogP contribution in [0.1, 0.15) is 12.8 Å². The van der Waals surface area contributed by atoms with Crippen molar-refractivity contribution in [3.8, 4) is 5.75 Å². The molecule has 5 nitrogen and oxygen atoms in total. The van der Waals surface area contributed by atoms with Gasteiger partial charge in [0.1, 0.15) is 5.75 Å². The van der Waals surface area contributed by atoms with Crippen LogP contribution in [0.4, 0.5) is 5.69 Å². The van der Waals surface area contributed by atoms with E-state index in [0.29, 0.717) is 30.9 Å². The van der Waals surface area contributed by atoms with Crippen molar-refractivity contribution in [1.82, 2.24) is 0 Å². The molecule has 0 aliphatic rings. The monoisotopic (exact) mass is 273 g/mol. The number of aliphatic hydroxyl groups is 1. The number of hydrogen-bond acceptors (Lipinski definition) is 5. The maximum atomic E-state index is 11.5. The maximum Gasteiger partial charge on any atom is 0.150 e. The predicted octanol–water partition coefficient (Wildman–Crippen LogP) is 0.835. The third-order valence-corrected chi connectivity index (χ3v) is 4.16. The summed E-state index contributed by atoms with van der Waals surface area (Å²) in [7, 11) is -3.07. The maximum absolute atomic E-state index is 11.5. The first-order valence-electron chi connectivity index (χ1n) is 5.83. The first-order valence-corrected chi connectivity index (χ1v) is 7.65. The Bertz CT molecular complexity index is 459. The van der Waals surface area contributed by atoms with Crippen molar-refractivity contribution in [3.05, 3.63) is 24.3 Å². The number of ether oxygens (including phenoxy) is 1. The number of sulfone groups is 1. The highest BCUT2D eigenvalue weighted by atomic mass is 32.2. The number of nitrogen functional groups attached to an aromatic ring is 1. The van der Waals surface area contributed by atoms with Gasteiger partial charge in [0.25, 0.3) is 0 Å². The van der Waals surface area contributed by atoms with E-state index in [0.717, 1.165) is 0 Å². The molecule has 1 rings (SSSR count). The average Bonchev–Trinajstić information content (AvgIpc) is 2.32. The molecule has 1 aromatic carbocycles. The number of nitrogens with two attached hydrogens (primary N) is 1. The Balaban J connectivity index is 2.26. The van der Waals surface area contributed by atoms with Crippen LogP contribution in [-0.4, -0.2) is 38.2 Å². The van der Waals surface area contributed by atoms with Crippen molar-refractivity contribution in [2.45, 2.75) is 12.8 Å². The minimum absolute atomic E-state index is 0.0295. The minimum atomic E-state index is -3.07. The molecular formula is C12H19NO4S. The number of anilines is 1. The average molecular weight is 273 g/mol. The summed E-state index contributed by atoms with van der Waals surface area (Å²) in [5.41, 5.74) is 6.20. The Kier molecular flexibility index (Phi) is 5.94. The SMILES string of the molecule is Nc1cccc(OCCCS(=O)(=O)CCCO)c1. The first-order chi connectivity index (χ1) is 8.53. The lowest BCUT2D eigenvalue weighted by Crippen LogP contribution is -2.14. The zero-order chi connectivity index (χ0) is 13.4. The van der Waals surface area contributed by atoms with Crippen LogP contribution < -0.4 is 10.5 Å². The van der Waals surface area contributed by atoms with E-state index in [4.69, 9.17) is 15.6 Å². The van der Waals surface area contributed by atoms with Gasteiger partial charge in [-0.1, -0.05) is 6.07 Å². The Morgan fingerprint density at radius 1 is 1.22 bits per heavy atom. The molecule has 18 heavy (non-hydrogen) atoms. The van der Waals surface area contributed by atoms with E-state index in [1.807, 2.05) is 0 Å². The van der Waals surface area contributed by atoms with Crippen molar-refractivity contribution in [1.29, 1.82) is 0 Å². The van der Waals surface area contributed by atoms with Gasteiger partial charge in [0, 0.05) is 18.4 Å². The fourth-order valence-corrected chi connectivity index (χ4v) is 2.79. The molecule has 0 saturated carbocycles. The molecule has 0 fully saturated rings. The lowest BCUT2D eigenvalue weighted by Gasteiger charge is -2.07. The molecular weight excluding hydrogens is 254 g/mol. The second kappa shape index (κ2) is 7.23. The second-order valence-corrected chi connectivity index (χ2v) is 6.31. The zero-order valence-corrected chi connectivity index (χ0v) is 11.0. The molecule has 0 aliphatic carbocycles. The molecule has 0 radical (unpaired) electrons. The van der Waals surface area contributed by atoms with Crippen LogP contribution in [0.5, 0.6) is 5.75 Å². The van der Waals surface area contributed by atoms with Crippen LogP contribution in [0.15, 0.2) is 24.3 Å². The van der Waals surface area contributed by atoms with Crippen LogP contribution >= 0.6 is 0 Å². The van der Waals surface area contributed by atoms with E-state index in [1.165, 1.54) is 0 Å². The quantitative estimate of drug-likeness (QED) is 0.541. The van der Waals surface area contributed by atoms with E-state index in [2.05, 4.69) is 0 Å². The first kappa shape index (κ1) is 14.8. The molecule has 0 heterocycles. The van der Waals surface area contributed by atoms with Crippen LogP contribution in [0.2, 0.25) is 0 Å². The smallest absolute Gasteiger partial charge is 0.150 e. The molecule has 3 N–H and O–H groups in total. The van der Waals surface area contributed by atoms with Crippen LogP contribution in [0.3, 0.4) is 0 Å². The van der Waals surface area contributed by atoms with Gasteiger partial charge in [-0.25, -0.2) is 8.42 Å². The van der Waals surface area contributed by atoms with Gasteiger partial charge in [-0.05, 0) is 25.0 Å². The minimum Gasteiger partial charge on any atom is -0.493 e. The molecule has 102 valence electrons. The van der Waals surface area contributed by atoms with Crippen molar-refractivity contribution >= 4 is 15.5 Å². The van der Waals surface area contributed by atoms with Crippen molar-refractivity contribution in [3.63, 3.8) is 0 Å². The fraction of sp³-hybridized carbons (Fsp3) is 0.500. The van der Waals surface area contributed by atoms with Crippen molar-refractivity contribution < 1.29 is 18.3 Å². The third kappa shape index (κ3) is 5.88. The summed E-state index contributed by atoms with van der Waals surface area (Å²) in [6, 6.07) is 7.01. The van der Waals surface area contributed by atoms with Gasteiger partial charge in [-0.3, -0.25) is 0 Å². The largest absolute Gasteiger partial charge is 0.493 e. The Morgan fingerprint density at radius 3 is 2.61 bits per heavy atom. The summed E-state index contributed by atoms with van der Waals surface area (Å²) in [6.07, 6.45) is 0.723. The van der Waals surface area contributed by atoms with Gasteiger partial charge in [0.05, 0.1) is 18.1 Å². The molecule has 0 atom stereocenters. The highest BCUT2D eigenvalue weighted by Crippen LogP contribution is 2.14. The van der Waals surface area contributed by atoms with Crippen LogP contribution in [0, 0.1) is 0 Å². The van der Waals surface area contributed by atoms with Crippen LogP contribution in [-0.2, 0) is 9.84 Å². The fourth-order valence-electron chi connectivity index (χ4n) is 1.46. The van der Waals surface area contributed by atoms with Gasteiger partial charge in [0.15, 0.2) is 9.84 Å². The summed E-state index contributed by atoms with van der Waals surface area (Å²) < 4.78 is 28.3. The van der Waals surface area contributed by atoms with Gasteiger partial charge in [-0.2, -0.15) is 0 Å². The summed E-state index contributed by atoms with van der Waals surface area (Å²) in [4.78, 5) is 0. The standard InChI is InChI=1S/C12H19NO4S/c13-11-4-1-5-12(10-11)17-7-3-9-18(15,16)8-2-6-14/h1,4-5,10,14H,2-3,6-9,13H2. The van der Waals surface area contributed by atoms with Gasteiger partial charge < -0.3 is 15.6 Å². The van der Waals surface area contributed by atoms with E-state index in [1.54, 1.807) is 24.3 Å². The number of hydrogen-bond donors (Lipinski definition) is 2. The molecule has 0 amide bonds. The molecule has 1 aromatic rings. The highest BCUT2D eigenvalue weighted by Gasteiger charge is 2.09. The Hall–Kier alpha value is -1.27. The molecule has 0 unspecified atom stereocenters. The molecule has 0 aliphatic heterocycles. The molecule has 0 spiro atoms. The lowest BCUT2D eigenvalue weighted by atomic mass is 10.3. The topological polar surface area (TPSA) is 89.6 Å². The van der Waals surface area contributed by atoms with Gasteiger partial charge in [-0.15, -0.1) is 0 Å². The zero-order valence-electron chi connectivity index (χ0n) is 10.2. The molecule has 0 saturated heterocycles. The van der Waals surface area contributed by atoms with E-state index in [9.17, 15) is 8.42 Å². The van der Waals surface area contributed by atoms with E-state index >= 15 is 0 Å². The normalized spacial score (nSPS) is 11.4. The number of rotatable bonds is 8. The number of aliphatic hydroxyl groups excluding tert-OH is 1. The van der Waals surface area contributed by atoms with E-state index < -0.39 is 9.84 Å². The molecule has 0 aromatic heterocycles. The second-order valence-electron chi connectivity index (χ2n) is 4.00. The summed E-state index contributed by atoms with van der Waals surface area (Å²) in [5, 5.41) is 8.57. The van der Waals surface area contributed by atoms with Crippen molar-refractivity contribution in [2.75, 3.05) is 30.5 Å². The number of benzene rings is 1. The van der Waals surface area contributed by atoms with Crippen LogP contribution in [0.25, 0.3) is 0 Å². The predicted molar refractivity (Wildman–Crippen MR) is 71.3 cm³/mol. The Morgan fingerprint density at radius 2 is 1.94 bits per heavy atom. The third-order valence-electron chi connectivity index (χ3n) is 2.34. The van der Waals surface area contributed by atoms with Gasteiger partial charge >= 0.3 is 0 Å². The molecule has 6 heteroatoms. The summed E-state index contributed by atoms with van der Waals surface area (Å²) in [6.45, 7) is 0.237. The van der Waals surface area contributed by atoms with Gasteiger partial charge in [0.2, 0.25) is 0 Å². The highest BCUT2D eigenvalue weighted by molar-refractivity contribution is 7.91. The summed E-state index contributed by atoms with van der Waals surface area (Å²) in [5.74, 6) is 0.750. The summed E-state index contributed by atoms with van der Waals surface area (Å²) >= 11 is 0. The Labute approximate surface area is 107 Å². The molecule has 0 bridgehead atoms. The van der Waals surface area contributed by atoms with E-state index in [-0.39, 0.29) is 18.1 Å². The van der Waals surface area contributed by atoms with Crippen molar-refractivity contribution in [2.24, 2.45) is 0 Å². The lowest BCUT2D eigenvalue weighted by molar-refractivity contribution is 0.295.